The van der Waals surface area contributed by atoms with Crippen LogP contribution in [0.2, 0.25) is 0 Å². The number of nitrogens with zero attached hydrogens (tertiary/aromatic N) is 7. The van der Waals surface area contributed by atoms with Crippen LogP contribution in [0.4, 0.5) is 19.0 Å². The van der Waals surface area contributed by atoms with E-state index in [1.165, 1.54) is 12.4 Å². The minimum atomic E-state index is -4.36. The molecular weight excluding hydrogens is 371 g/mol. The number of rotatable bonds is 3. The maximum absolute atomic E-state index is 12.7. The standard InChI is InChI=1S/C18H20F3N7/c1-12-13(2)25-17-23-11-24-28(17)16(12)27-7-5-26(6-8-27)10-15-4-3-14(9-22-15)18(19,20)21/h3-4,9,11H,5-8,10H2,1-2H3. The molecule has 4 rings (SSSR count). The van der Waals surface area contributed by atoms with Gasteiger partial charge >= 0.3 is 6.18 Å². The first-order valence-electron chi connectivity index (χ1n) is 8.99. The normalized spacial score (nSPS) is 16.1. The summed E-state index contributed by atoms with van der Waals surface area (Å²) in [6, 6.07) is 2.54. The summed E-state index contributed by atoms with van der Waals surface area (Å²) in [6.07, 6.45) is -1.96. The molecule has 0 spiro atoms. The lowest BCUT2D eigenvalue weighted by atomic mass is 10.2. The summed E-state index contributed by atoms with van der Waals surface area (Å²) < 4.78 is 39.7. The Balaban J connectivity index is 1.44. The molecular formula is C18H20F3N7. The van der Waals surface area contributed by atoms with Crippen LogP contribution in [0.5, 0.6) is 0 Å². The van der Waals surface area contributed by atoms with Gasteiger partial charge in [0.25, 0.3) is 5.78 Å². The Morgan fingerprint density at radius 1 is 1.04 bits per heavy atom. The average Bonchev–Trinajstić information content (AvgIpc) is 3.11. The minimum absolute atomic E-state index is 0.527. The van der Waals surface area contributed by atoms with Gasteiger partial charge in [0, 0.05) is 50.2 Å². The second-order valence-corrected chi connectivity index (χ2v) is 6.92. The molecule has 0 radical (unpaired) electrons. The van der Waals surface area contributed by atoms with E-state index >= 15 is 0 Å². The van der Waals surface area contributed by atoms with Crippen LogP contribution in [-0.4, -0.2) is 55.6 Å². The number of fused-ring (bicyclic) bond motifs is 1. The summed E-state index contributed by atoms with van der Waals surface area (Å²) in [5, 5.41) is 4.30. The first kappa shape index (κ1) is 18.6. The zero-order valence-electron chi connectivity index (χ0n) is 15.6. The van der Waals surface area contributed by atoms with E-state index in [9.17, 15) is 13.2 Å². The summed E-state index contributed by atoms with van der Waals surface area (Å²) in [7, 11) is 0. The van der Waals surface area contributed by atoms with E-state index in [4.69, 9.17) is 0 Å². The summed E-state index contributed by atoms with van der Waals surface area (Å²) in [4.78, 5) is 17.0. The van der Waals surface area contributed by atoms with Crippen molar-refractivity contribution in [2.45, 2.75) is 26.6 Å². The smallest absolute Gasteiger partial charge is 0.354 e. The lowest BCUT2D eigenvalue weighted by molar-refractivity contribution is -0.137. The topological polar surface area (TPSA) is 62.5 Å². The van der Waals surface area contributed by atoms with E-state index in [2.05, 4.69) is 29.9 Å². The summed E-state index contributed by atoms with van der Waals surface area (Å²) in [5.41, 5.74) is 1.90. The van der Waals surface area contributed by atoms with Gasteiger partial charge in [-0.1, -0.05) is 0 Å². The van der Waals surface area contributed by atoms with Gasteiger partial charge in [0.15, 0.2) is 0 Å². The van der Waals surface area contributed by atoms with E-state index in [0.717, 1.165) is 55.5 Å². The van der Waals surface area contributed by atoms with Gasteiger partial charge in [-0.05, 0) is 26.0 Å². The number of piperazine rings is 1. The van der Waals surface area contributed by atoms with Crippen LogP contribution in [0.25, 0.3) is 5.78 Å². The molecule has 10 heteroatoms. The molecule has 0 aromatic carbocycles. The van der Waals surface area contributed by atoms with Crippen LogP contribution >= 0.6 is 0 Å². The summed E-state index contributed by atoms with van der Waals surface area (Å²) in [6.45, 7) is 7.62. The second kappa shape index (κ2) is 7.01. The number of aromatic nitrogens is 5. The van der Waals surface area contributed by atoms with Crippen molar-refractivity contribution in [2.75, 3.05) is 31.1 Å². The number of hydrogen-bond acceptors (Lipinski definition) is 6. The number of anilines is 1. The quantitative estimate of drug-likeness (QED) is 0.684. The van der Waals surface area contributed by atoms with Gasteiger partial charge in [-0.15, -0.1) is 0 Å². The predicted octanol–water partition coefficient (Wildman–Crippen LogP) is 2.48. The molecule has 1 fully saturated rings. The molecule has 0 saturated carbocycles. The Morgan fingerprint density at radius 3 is 2.43 bits per heavy atom. The molecule has 0 unspecified atom stereocenters. The third kappa shape index (κ3) is 3.51. The van der Waals surface area contributed by atoms with Crippen molar-refractivity contribution >= 4 is 11.6 Å². The Hall–Kier alpha value is -2.75. The minimum Gasteiger partial charge on any atom is -0.354 e. The third-order valence-corrected chi connectivity index (χ3v) is 5.09. The van der Waals surface area contributed by atoms with Crippen molar-refractivity contribution < 1.29 is 13.2 Å². The fourth-order valence-electron chi connectivity index (χ4n) is 3.42. The van der Waals surface area contributed by atoms with Crippen molar-refractivity contribution in [3.05, 3.63) is 47.2 Å². The van der Waals surface area contributed by atoms with E-state index in [-0.39, 0.29) is 0 Å². The Morgan fingerprint density at radius 2 is 1.79 bits per heavy atom. The second-order valence-electron chi connectivity index (χ2n) is 6.92. The largest absolute Gasteiger partial charge is 0.417 e. The van der Waals surface area contributed by atoms with Crippen LogP contribution in [-0.2, 0) is 12.7 Å². The lowest BCUT2D eigenvalue weighted by Crippen LogP contribution is -2.47. The van der Waals surface area contributed by atoms with Crippen LogP contribution < -0.4 is 4.90 Å². The molecule has 1 saturated heterocycles. The van der Waals surface area contributed by atoms with Gasteiger partial charge in [0.05, 0.1) is 11.3 Å². The zero-order chi connectivity index (χ0) is 19.9. The molecule has 0 bridgehead atoms. The SMILES string of the molecule is Cc1nc2ncnn2c(N2CCN(Cc3ccc(C(F)(F)F)cn3)CC2)c1C. The van der Waals surface area contributed by atoms with Gasteiger partial charge in [-0.2, -0.15) is 27.8 Å². The Bertz CT molecular complexity index is 973. The molecule has 3 aromatic heterocycles. The molecule has 1 aliphatic heterocycles. The van der Waals surface area contributed by atoms with E-state index in [0.29, 0.717) is 18.0 Å². The Labute approximate surface area is 159 Å². The van der Waals surface area contributed by atoms with Gasteiger partial charge in [0.2, 0.25) is 0 Å². The van der Waals surface area contributed by atoms with Gasteiger partial charge in [-0.3, -0.25) is 9.88 Å². The lowest BCUT2D eigenvalue weighted by Gasteiger charge is -2.36. The van der Waals surface area contributed by atoms with Crippen molar-refractivity contribution in [1.29, 1.82) is 0 Å². The highest BCUT2D eigenvalue weighted by atomic mass is 19.4. The molecule has 148 valence electrons. The molecule has 3 aromatic rings. The summed E-state index contributed by atoms with van der Waals surface area (Å²) in [5.74, 6) is 1.57. The number of hydrogen-bond donors (Lipinski definition) is 0. The van der Waals surface area contributed by atoms with Crippen molar-refractivity contribution in [3.8, 4) is 0 Å². The van der Waals surface area contributed by atoms with E-state index in [1.54, 1.807) is 4.52 Å². The highest BCUT2D eigenvalue weighted by Crippen LogP contribution is 2.28. The predicted molar refractivity (Wildman–Crippen MR) is 97.0 cm³/mol. The van der Waals surface area contributed by atoms with Crippen LogP contribution in [0.1, 0.15) is 22.5 Å². The monoisotopic (exact) mass is 391 g/mol. The molecule has 7 nitrogen and oxygen atoms in total. The van der Waals surface area contributed by atoms with Crippen molar-refractivity contribution in [2.24, 2.45) is 0 Å². The van der Waals surface area contributed by atoms with Crippen LogP contribution in [0.15, 0.2) is 24.7 Å². The molecule has 0 aliphatic carbocycles. The highest BCUT2D eigenvalue weighted by Gasteiger charge is 2.30. The van der Waals surface area contributed by atoms with E-state index < -0.39 is 11.7 Å². The molecule has 0 amide bonds. The molecule has 0 atom stereocenters. The molecule has 1 aliphatic rings. The average molecular weight is 391 g/mol. The van der Waals surface area contributed by atoms with Gasteiger partial charge in [0.1, 0.15) is 12.1 Å². The van der Waals surface area contributed by atoms with Crippen molar-refractivity contribution in [1.82, 2.24) is 29.5 Å². The van der Waals surface area contributed by atoms with Gasteiger partial charge < -0.3 is 4.90 Å². The molecule has 4 heterocycles. The third-order valence-electron chi connectivity index (χ3n) is 5.09. The zero-order valence-corrected chi connectivity index (χ0v) is 15.6. The number of pyridine rings is 1. The Kier molecular flexibility index (Phi) is 4.66. The maximum atomic E-state index is 12.7. The number of halogens is 3. The summed E-state index contributed by atoms with van der Waals surface area (Å²) >= 11 is 0. The number of aryl methyl sites for hydroxylation is 1. The first-order valence-corrected chi connectivity index (χ1v) is 8.99. The van der Waals surface area contributed by atoms with Gasteiger partial charge in [-0.25, -0.2) is 4.98 Å². The number of alkyl halides is 3. The first-order chi connectivity index (χ1) is 13.3. The molecule has 0 N–H and O–H groups in total. The highest BCUT2D eigenvalue weighted by molar-refractivity contribution is 5.54. The fourth-order valence-corrected chi connectivity index (χ4v) is 3.42. The fraction of sp³-hybridized carbons (Fsp3) is 0.444. The molecule has 28 heavy (non-hydrogen) atoms. The maximum Gasteiger partial charge on any atom is 0.417 e. The van der Waals surface area contributed by atoms with Crippen LogP contribution in [0, 0.1) is 13.8 Å². The van der Waals surface area contributed by atoms with Crippen molar-refractivity contribution in [3.63, 3.8) is 0 Å². The van der Waals surface area contributed by atoms with E-state index in [1.807, 2.05) is 13.8 Å². The van der Waals surface area contributed by atoms with Crippen LogP contribution in [0.3, 0.4) is 0 Å².